The number of aromatic nitrogens is 4. The molecule has 3 aromatic rings. The van der Waals surface area contributed by atoms with Gasteiger partial charge in [-0.15, -0.1) is 12.4 Å². The Hall–Kier alpha value is -3.17. The Balaban J connectivity index is 0.00000289. The molecule has 0 saturated carbocycles. The Bertz CT molecular complexity index is 1400. The summed E-state index contributed by atoms with van der Waals surface area (Å²) in [6.07, 6.45) is 3.12. The molecule has 9 nitrogen and oxygen atoms in total. The van der Waals surface area contributed by atoms with Crippen LogP contribution in [0.15, 0.2) is 51.6 Å². The molecule has 2 fully saturated rings. The van der Waals surface area contributed by atoms with Crippen molar-refractivity contribution in [3.05, 3.63) is 68.4 Å². The molecule has 0 aliphatic carbocycles. The van der Waals surface area contributed by atoms with E-state index >= 15 is 0 Å². The normalized spacial score (nSPS) is 19.0. The van der Waals surface area contributed by atoms with Crippen molar-refractivity contribution in [2.75, 3.05) is 24.5 Å². The number of anilines is 1. The molecule has 0 spiro atoms. The lowest BCUT2D eigenvalue weighted by Gasteiger charge is -2.25. The third kappa shape index (κ3) is 4.34. The highest BCUT2D eigenvalue weighted by atomic mass is 35.5. The van der Waals surface area contributed by atoms with Crippen LogP contribution >= 0.6 is 12.4 Å². The summed E-state index contributed by atoms with van der Waals surface area (Å²) < 4.78 is 4.33. The number of carbonyl (C=O) groups is 1. The number of ketones is 1. The summed E-state index contributed by atoms with van der Waals surface area (Å²) in [5.41, 5.74) is 1.27. The predicted octanol–water partition coefficient (Wildman–Crippen LogP) is 1.97. The Morgan fingerprint density at radius 1 is 1.14 bits per heavy atom. The molecule has 186 valence electrons. The van der Waals surface area contributed by atoms with Crippen LogP contribution in [-0.2, 0) is 20.1 Å². The summed E-state index contributed by atoms with van der Waals surface area (Å²) in [5, 5.41) is 3.46. The van der Waals surface area contributed by atoms with E-state index in [1.165, 1.54) is 4.57 Å². The Kier molecular flexibility index (Phi) is 7.00. The number of fused-ring (bicyclic) bond motifs is 2. The maximum absolute atomic E-state index is 13.7. The second-order valence-corrected chi connectivity index (χ2v) is 9.47. The summed E-state index contributed by atoms with van der Waals surface area (Å²) in [5.74, 6) is 0.984. The van der Waals surface area contributed by atoms with Gasteiger partial charge in [0.15, 0.2) is 16.9 Å². The molecule has 0 radical (unpaired) electrons. The van der Waals surface area contributed by atoms with Crippen molar-refractivity contribution in [3.63, 3.8) is 0 Å². The number of rotatable bonds is 6. The van der Waals surface area contributed by atoms with Crippen molar-refractivity contribution in [1.29, 1.82) is 0 Å². The molecule has 5 rings (SSSR count). The van der Waals surface area contributed by atoms with Crippen LogP contribution in [0.1, 0.15) is 30.6 Å². The fourth-order valence-electron chi connectivity index (χ4n) is 5.12. The van der Waals surface area contributed by atoms with Crippen LogP contribution in [0.3, 0.4) is 0 Å². The molecule has 2 atom stereocenters. The van der Waals surface area contributed by atoms with E-state index in [-0.39, 0.29) is 24.7 Å². The fourth-order valence-corrected chi connectivity index (χ4v) is 5.12. The first-order chi connectivity index (χ1) is 16.4. The molecule has 35 heavy (non-hydrogen) atoms. The number of benzene rings is 1. The van der Waals surface area contributed by atoms with Gasteiger partial charge in [-0.2, -0.15) is 4.98 Å². The van der Waals surface area contributed by atoms with Gasteiger partial charge in [0.2, 0.25) is 5.95 Å². The smallest absolute Gasteiger partial charge is 0.332 e. The van der Waals surface area contributed by atoms with Gasteiger partial charge in [-0.05, 0) is 26.2 Å². The first-order valence-electron chi connectivity index (χ1n) is 11.8. The van der Waals surface area contributed by atoms with Gasteiger partial charge in [0.1, 0.15) is 0 Å². The first-order valence-corrected chi connectivity index (χ1v) is 11.8. The quantitative estimate of drug-likeness (QED) is 0.412. The molecule has 2 aromatic heterocycles. The van der Waals surface area contributed by atoms with Crippen LogP contribution in [0.5, 0.6) is 0 Å². The minimum absolute atomic E-state index is 0. The topological polar surface area (TPSA) is 94.2 Å². The third-order valence-corrected chi connectivity index (χ3v) is 6.99. The van der Waals surface area contributed by atoms with E-state index in [4.69, 9.17) is 4.98 Å². The Morgan fingerprint density at radius 3 is 2.60 bits per heavy atom. The number of hydrogen-bond acceptors (Lipinski definition) is 6. The number of aryl methyl sites for hydroxylation is 1. The summed E-state index contributed by atoms with van der Waals surface area (Å²) in [7, 11) is 1.61. The number of allylic oxidation sites excluding steroid dienone is 2. The van der Waals surface area contributed by atoms with E-state index in [0.717, 1.165) is 36.2 Å². The maximum Gasteiger partial charge on any atom is 0.332 e. The molecule has 10 heteroatoms. The lowest BCUT2D eigenvalue weighted by Crippen LogP contribution is -2.41. The van der Waals surface area contributed by atoms with Crippen molar-refractivity contribution in [3.8, 4) is 0 Å². The fraction of sp³-hybridized carbons (Fsp3) is 0.440. The molecule has 2 aliphatic heterocycles. The van der Waals surface area contributed by atoms with Gasteiger partial charge < -0.3 is 14.8 Å². The van der Waals surface area contributed by atoms with Crippen molar-refractivity contribution in [2.45, 2.75) is 39.4 Å². The number of Topliss-reactive ketones (excluding diaryl/α,β-unsaturated/α-hetero) is 1. The van der Waals surface area contributed by atoms with Crippen LogP contribution < -0.4 is 21.5 Å². The summed E-state index contributed by atoms with van der Waals surface area (Å²) in [6, 6.07) is 9.04. The average Bonchev–Trinajstić information content (AvgIpc) is 3.54. The van der Waals surface area contributed by atoms with E-state index in [1.54, 1.807) is 31.3 Å². The largest absolute Gasteiger partial charge is 0.338 e. The van der Waals surface area contributed by atoms with Crippen molar-refractivity contribution < 1.29 is 4.79 Å². The molecule has 1 aromatic carbocycles. The highest BCUT2D eigenvalue weighted by Crippen LogP contribution is 2.32. The zero-order valence-electron chi connectivity index (χ0n) is 20.2. The molecule has 2 saturated heterocycles. The van der Waals surface area contributed by atoms with E-state index in [9.17, 15) is 14.4 Å². The zero-order valence-corrected chi connectivity index (χ0v) is 21.0. The summed E-state index contributed by atoms with van der Waals surface area (Å²) in [6.45, 7) is 6.91. The number of nitrogens with one attached hydrogen (secondary N) is 1. The van der Waals surface area contributed by atoms with Crippen LogP contribution in [0, 0.1) is 5.92 Å². The summed E-state index contributed by atoms with van der Waals surface area (Å²) >= 11 is 0. The van der Waals surface area contributed by atoms with Crippen LogP contribution in [-0.4, -0.2) is 50.1 Å². The Labute approximate surface area is 209 Å². The standard InChI is InChI=1S/C25H30N6O3.ClH/c1-16(2)9-11-30-21-22(27-24(30)29-12-10-18-13-26-14-19(18)29)28(3)25(34)31(23(21)33)15-20(32)17-7-5-4-6-8-17;/h4-9,18-19,26H,10-15H2,1-3H3;1H/t18-,19+;/m0./s1. The van der Waals surface area contributed by atoms with Crippen molar-refractivity contribution in [1.82, 2.24) is 24.0 Å². The molecular formula is C25H31ClN6O3. The number of imidazole rings is 1. The highest BCUT2D eigenvalue weighted by Gasteiger charge is 2.40. The molecule has 0 bridgehead atoms. The van der Waals surface area contributed by atoms with Gasteiger partial charge in [0.25, 0.3) is 5.56 Å². The van der Waals surface area contributed by atoms with Gasteiger partial charge >= 0.3 is 5.69 Å². The van der Waals surface area contributed by atoms with Crippen LogP contribution in [0.25, 0.3) is 11.2 Å². The van der Waals surface area contributed by atoms with Gasteiger partial charge in [-0.25, -0.2) is 4.79 Å². The van der Waals surface area contributed by atoms with Gasteiger partial charge in [0, 0.05) is 44.8 Å². The molecule has 2 aliphatic rings. The van der Waals surface area contributed by atoms with Gasteiger partial charge in [0.05, 0.1) is 6.54 Å². The number of nitrogens with zero attached hydrogens (tertiary/aromatic N) is 5. The second-order valence-electron chi connectivity index (χ2n) is 9.47. The van der Waals surface area contributed by atoms with E-state index < -0.39 is 11.2 Å². The highest BCUT2D eigenvalue weighted by molar-refractivity contribution is 5.96. The minimum Gasteiger partial charge on any atom is -0.338 e. The number of carbonyl (C=O) groups excluding carboxylic acids is 1. The number of halogens is 1. The molecule has 4 heterocycles. The predicted molar refractivity (Wildman–Crippen MR) is 139 cm³/mol. The van der Waals surface area contributed by atoms with E-state index in [0.29, 0.717) is 41.2 Å². The summed E-state index contributed by atoms with van der Waals surface area (Å²) in [4.78, 5) is 46.8. The molecule has 0 amide bonds. The van der Waals surface area contributed by atoms with Gasteiger partial charge in [-0.3, -0.25) is 18.7 Å². The van der Waals surface area contributed by atoms with Crippen LogP contribution in [0.2, 0.25) is 0 Å². The second kappa shape index (κ2) is 9.83. The monoisotopic (exact) mass is 498 g/mol. The first kappa shape index (κ1) is 24.9. The molecule has 1 N–H and O–H groups in total. The molecular weight excluding hydrogens is 468 g/mol. The third-order valence-electron chi connectivity index (χ3n) is 6.99. The maximum atomic E-state index is 13.7. The average molecular weight is 499 g/mol. The SMILES string of the molecule is CC(C)=CCn1c(N2CC[C@H]3CNC[C@H]32)nc2c1c(=O)n(CC(=O)c1ccccc1)c(=O)n2C.Cl. The zero-order chi connectivity index (χ0) is 24.0. The lowest BCUT2D eigenvalue weighted by atomic mass is 10.1. The molecule has 0 unspecified atom stereocenters. The van der Waals surface area contributed by atoms with E-state index in [2.05, 4.69) is 16.3 Å². The van der Waals surface area contributed by atoms with Gasteiger partial charge in [-0.1, -0.05) is 42.0 Å². The van der Waals surface area contributed by atoms with E-state index in [1.807, 2.05) is 24.5 Å². The lowest BCUT2D eigenvalue weighted by molar-refractivity contribution is 0.0969. The van der Waals surface area contributed by atoms with Crippen molar-refractivity contribution >= 4 is 35.3 Å². The van der Waals surface area contributed by atoms with Crippen LogP contribution in [0.4, 0.5) is 5.95 Å². The number of hydrogen-bond donors (Lipinski definition) is 1. The van der Waals surface area contributed by atoms with Crippen molar-refractivity contribution in [2.24, 2.45) is 13.0 Å². The Morgan fingerprint density at radius 2 is 1.89 bits per heavy atom. The minimum atomic E-state index is -0.540.